The molecule has 1 fully saturated rings. The van der Waals surface area contributed by atoms with E-state index in [2.05, 4.69) is 42.8 Å². The SMILES string of the molecule is Cc1ccnc([C@H]2CCCN2C(C)C)c1. The van der Waals surface area contributed by atoms with E-state index in [1.54, 1.807) is 0 Å². The highest BCUT2D eigenvalue weighted by atomic mass is 15.2. The summed E-state index contributed by atoms with van der Waals surface area (Å²) in [5.41, 5.74) is 2.57. The molecule has 0 N–H and O–H groups in total. The number of nitrogens with zero attached hydrogens (tertiary/aromatic N) is 2. The second-order valence-electron chi connectivity index (χ2n) is 4.75. The largest absolute Gasteiger partial charge is 0.292 e. The highest BCUT2D eigenvalue weighted by Crippen LogP contribution is 2.32. The third-order valence-electron chi connectivity index (χ3n) is 3.24. The van der Waals surface area contributed by atoms with Crippen molar-refractivity contribution in [2.45, 2.75) is 45.7 Å². The Kier molecular flexibility index (Phi) is 3.06. The van der Waals surface area contributed by atoms with Gasteiger partial charge in [0.2, 0.25) is 0 Å². The van der Waals surface area contributed by atoms with Gasteiger partial charge in [0.05, 0.1) is 11.7 Å². The summed E-state index contributed by atoms with van der Waals surface area (Å²) in [6.45, 7) is 7.90. The van der Waals surface area contributed by atoms with Crippen LogP contribution in [0.15, 0.2) is 18.3 Å². The van der Waals surface area contributed by atoms with Crippen molar-refractivity contribution in [3.63, 3.8) is 0 Å². The van der Waals surface area contributed by atoms with Crippen molar-refractivity contribution in [2.24, 2.45) is 0 Å². The number of aryl methyl sites for hydroxylation is 1. The van der Waals surface area contributed by atoms with Gasteiger partial charge in [-0.15, -0.1) is 0 Å². The summed E-state index contributed by atoms with van der Waals surface area (Å²) in [7, 11) is 0. The van der Waals surface area contributed by atoms with Gasteiger partial charge in [-0.3, -0.25) is 9.88 Å². The minimum atomic E-state index is 0.546. The quantitative estimate of drug-likeness (QED) is 0.736. The Morgan fingerprint density at radius 2 is 2.27 bits per heavy atom. The second-order valence-corrected chi connectivity index (χ2v) is 4.75. The fraction of sp³-hybridized carbons (Fsp3) is 0.615. The van der Waals surface area contributed by atoms with E-state index in [9.17, 15) is 0 Å². The maximum absolute atomic E-state index is 4.51. The predicted octanol–water partition coefficient (Wildman–Crippen LogP) is 2.94. The van der Waals surface area contributed by atoms with E-state index >= 15 is 0 Å². The van der Waals surface area contributed by atoms with Crippen molar-refractivity contribution in [2.75, 3.05) is 6.54 Å². The summed E-state index contributed by atoms with van der Waals surface area (Å²) in [6.07, 6.45) is 4.49. The molecule has 0 unspecified atom stereocenters. The van der Waals surface area contributed by atoms with Crippen LogP contribution in [0, 0.1) is 6.92 Å². The molecule has 0 amide bonds. The van der Waals surface area contributed by atoms with Crippen molar-refractivity contribution < 1.29 is 0 Å². The number of hydrogen-bond acceptors (Lipinski definition) is 2. The molecule has 0 aromatic carbocycles. The van der Waals surface area contributed by atoms with E-state index in [0.29, 0.717) is 12.1 Å². The molecule has 1 aromatic rings. The van der Waals surface area contributed by atoms with E-state index < -0.39 is 0 Å². The minimum Gasteiger partial charge on any atom is -0.292 e. The first-order valence-corrected chi connectivity index (χ1v) is 5.87. The highest BCUT2D eigenvalue weighted by molar-refractivity contribution is 5.18. The summed E-state index contributed by atoms with van der Waals surface area (Å²) >= 11 is 0. The monoisotopic (exact) mass is 204 g/mol. The van der Waals surface area contributed by atoms with Crippen LogP contribution in [-0.4, -0.2) is 22.5 Å². The number of aromatic nitrogens is 1. The average molecular weight is 204 g/mol. The van der Waals surface area contributed by atoms with Gasteiger partial charge in [0.1, 0.15) is 0 Å². The molecule has 0 bridgehead atoms. The molecule has 1 aliphatic heterocycles. The van der Waals surface area contributed by atoms with E-state index in [1.165, 1.54) is 30.6 Å². The van der Waals surface area contributed by atoms with Gasteiger partial charge in [0.25, 0.3) is 0 Å². The van der Waals surface area contributed by atoms with Gasteiger partial charge in [-0.25, -0.2) is 0 Å². The lowest BCUT2D eigenvalue weighted by Gasteiger charge is -2.27. The molecule has 2 heteroatoms. The van der Waals surface area contributed by atoms with Crippen LogP contribution in [-0.2, 0) is 0 Å². The van der Waals surface area contributed by atoms with Gasteiger partial charge in [-0.05, 0) is 57.9 Å². The van der Waals surface area contributed by atoms with E-state index in [4.69, 9.17) is 0 Å². The molecule has 1 atom stereocenters. The molecule has 2 nitrogen and oxygen atoms in total. The van der Waals surface area contributed by atoms with E-state index in [1.807, 2.05) is 6.20 Å². The van der Waals surface area contributed by atoms with Crippen LogP contribution in [0.4, 0.5) is 0 Å². The standard InChI is InChI=1S/C13H20N2/c1-10(2)15-8-4-5-13(15)12-9-11(3)6-7-14-12/h6-7,9-10,13H,4-5,8H2,1-3H3/t13-/m1/s1. The summed E-state index contributed by atoms with van der Waals surface area (Å²) in [6, 6.07) is 5.47. The molecule has 2 rings (SSSR count). The molecular weight excluding hydrogens is 184 g/mol. The molecular formula is C13H20N2. The van der Waals surface area contributed by atoms with Crippen LogP contribution < -0.4 is 0 Å². The van der Waals surface area contributed by atoms with Crippen LogP contribution in [0.1, 0.15) is 44.0 Å². The first-order valence-electron chi connectivity index (χ1n) is 5.87. The lowest BCUT2D eigenvalue weighted by atomic mass is 10.1. The molecule has 0 radical (unpaired) electrons. The second kappa shape index (κ2) is 4.31. The normalized spacial score (nSPS) is 22.5. The number of likely N-dealkylation sites (tertiary alicyclic amines) is 1. The first-order chi connectivity index (χ1) is 7.18. The zero-order valence-corrected chi connectivity index (χ0v) is 9.90. The van der Waals surface area contributed by atoms with Crippen molar-refractivity contribution >= 4 is 0 Å². The molecule has 0 aliphatic carbocycles. The van der Waals surface area contributed by atoms with Crippen molar-refractivity contribution in [3.8, 4) is 0 Å². The molecule has 1 saturated heterocycles. The van der Waals surface area contributed by atoms with Gasteiger partial charge >= 0.3 is 0 Å². The maximum atomic E-state index is 4.51. The molecule has 1 aromatic heterocycles. The molecule has 82 valence electrons. The smallest absolute Gasteiger partial charge is 0.0578 e. The number of pyridine rings is 1. The molecule has 0 saturated carbocycles. The Hall–Kier alpha value is -0.890. The van der Waals surface area contributed by atoms with Crippen molar-refractivity contribution in [1.29, 1.82) is 0 Å². The number of hydrogen-bond donors (Lipinski definition) is 0. The van der Waals surface area contributed by atoms with Gasteiger partial charge < -0.3 is 0 Å². The first kappa shape index (κ1) is 10.6. The lowest BCUT2D eigenvalue weighted by Crippen LogP contribution is -2.30. The Bertz CT molecular complexity index is 333. The Morgan fingerprint density at radius 3 is 2.93 bits per heavy atom. The van der Waals surface area contributed by atoms with Crippen LogP contribution >= 0.6 is 0 Å². The third kappa shape index (κ3) is 2.20. The Morgan fingerprint density at radius 1 is 1.47 bits per heavy atom. The fourth-order valence-electron chi connectivity index (χ4n) is 2.47. The van der Waals surface area contributed by atoms with Crippen molar-refractivity contribution in [3.05, 3.63) is 29.6 Å². The summed E-state index contributed by atoms with van der Waals surface area (Å²) in [5, 5.41) is 0. The summed E-state index contributed by atoms with van der Waals surface area (Å²) in [4.78, 5) is 7.07. The van der Waals surface area contributed by atoms with Gasteiger partial charge in [-0.1, -0.05) is 0 Å². The zero-order chi connectivity index (χ0) is 10.8. The number of rotatable bonds is 2. The van der Waals surface area contributed by atoms with Crippen molar-refractivity contribution in [1.82, 2.24) is 9.88 Å². The van der Waals surface area contributed by atoms with E-state index in [0.717, 1.165) is 0 Å². The fourth-order valence-corrected chi connectivity index (χ4v) is 2.47. The molecule has 15 heavy (non-hydrogen) atoms. The minimum absolute atomic E-state index is 0.546. The van der Waals surface area contributed by atoms with Gasteiger partial charge in [-0.2, -0.15) is 0 Å². The Balaban J connectivity index is 2.22. The molecule has 1 aliphatic rings. The highest BCUT2D eigenvalue weighted by Gasteiger charge is 2.28. The summed E-state index contributed by atoms with van der Waals surface area (Å²) in [5.74, 6) is 0. The average Bonchev–Trinajstić information content (AvgIpc) is 2.65. The Labute approximate surface area is 92.3 Å². The lowest BCUT2D eigenvalue weighted by molar-refractivity contribution is 0.202. The predicted molar refractivity (Wildman–Crippen MR) is 62.8 cm³/mol. The topological polar surface area (TPSA) is 16.1 Å². The van der Waals surface area contributed by atoms with Crippen LogP contribution in [0.5, 0.6) is 0 Å². The van der Waals surface area contributed by atoms with E-state index in [-0.39, 0.29) is 0 Å². The zero-order valence-electron chi connectivity index (χ0n) is 9.90. The molecule has 0 spiro atoms. The van der Waals surface area contributed by atoms with Gasteiger partial charge in [0, 0.05) is 12.2 Å². The van der Waals surface area contributed by atoms with Crippen LogP contribution in [0.25, 0.3) is 0 Å². The summed E-state index contributed by atoms with van der Waals surface area (Å²) < 4.78 is 0. The third-order valence-corrected chi connectivity index (χ3v) is 3.24. The molecule has 2 heterocycles. The van der Waals surface area contributed by atoms with Gasteiger partial charge in [0.15, 0.2) is 0 Å². The maximum Gasteiger partial charge on any atom is 0.0578 e. The van der Waals surface area contributed by atoms with Crippen LogP contribution in [0.2, 0.25) is 0 Å². The van der Waals surface area contributed by atoms with Crippen LogP contribution in [0.3, 0.4) is 0 Å².